The summed E-state index contributed by atoms with van der Waals surface area (Å²) >= 11 is 6.14. The Morgan fingerprint density at radius 3 is 2.42 bits per heavy atom. The highest BCUT2D eigenvalue weighted by Crippen LogP contribution is 2.28. The van der Waals surface area contributed by atoms with E-state index in [0.717, 1.165) is 31.6 Å². The van der Waals surface area contributed by atoms with Crippen molar-refractivity contribution in [1.29, 1.82) is 0 Å². The average molecular weight is 528 g/mol. The highest BCUT2D eigenvalue weighted by molar-refractivity contribution is 6.32. The minimum atomic E-state index is 0.0447. The zero-order valence-electron chi connectivity index (χ0n) is 20.5. The van der Waals surface area contributed by atoms with Gasteiger partial charge in [-0.2, -0.15) is 25.2 Å². The standard InChI is InChI=1S/C27H26ClN9O/c28-22-11-5-6-12-23(22)35-34-21-13-14-24(38)19(17-21)18-29-36-26-31-25(30-20-9-3-1-4-10-20)32-27(33-26)37-15-7-2-8-16-37/h1,3-6,9-14,17-18,38H,2,7-8,15-16H2,(H2,30,31,32,33,36)/b29-18-,35-34?. The van der Waals surface area contributed by atoms with Crippen LogP contribution in [0, 0.1) is 0 Å². The van der Waals surface area contributed by atoms with Crippen molar-refractivity contribution in [2.75, 3.05) is 28.7 Å². The summed E-state index contributed by atoms with van der Waals surface area (Å²) in [6.07, 6.45) is 4.86. The zero-order chi connectivity index (χ0) is 26.2. The fourth-order valence-corrected chi connectivity index (χ4v) is 4.04. The van der Waals surface area contributed by atoms with Gasteiger partial charge in [0.1, 0.15) is 11.4 Å². The van der Waals surface area contributed by atoms with Crippen molar-refractivity contribution in [3.8, 4) is 5.75 Å². The van der Waals surface area contributed by atoms with Crippen LogP contribution in [0.25, 0.3) is 0 Å². The number of aromatic hydroxyl groups is 1. The number of hydrogen-bond acceptors (Lipinski definition) is 10. The van der Waals surface area contributed by atoms with Crippen molar-refractivity contribution in [2.24, 2.45) is 15.3 Å². The molecule has 1 aromatic heterocycles. The first kappa shape index (κ1) is 25.1. The highest BCUT2D eigenvalue weighted by Gasteiger charge is 2.16. The Morgan fingerprint density at radius 2 is 1.61 bits per heavy atom. The molecule has 38 heavy (non-hydrogen) atoms. The molecular weight excluding hydrogens is 502 g/mol. The Hall–Kier alpha value is -4.57. The molecule has 1 fully saturated rings. The molecule has 0 amide bonds. The van der Waals surface area contributed by atoms with E-state index >= 15 is 0 Å². The Morgan fingerprint density at radius 1 is 0.842 bits per heavy atom. The summed E-state index contributed by atoms with van der Waals surface area (Å²) < 4.78 is 0. The lowest BCUT2D eigenvalue weighted by atomic mass is 10.1. The van der Waals surface area contributed by atoms with Gasteiger partial charge in [-0.1, -0.05) is 41.9 Å². The van der Waals surface area contributed by atoms with Gasteiger partial charge in [0.15, 0.2) is 0 Å². The number of anilines is 4. The second kappa shape index (κ2) is 12.1. The van der Waals surface area contributed by atoms with Crippen LogP contribution in [0.1, 0.15) is 24.8 Å². The number of hydrogen-bond donors (Lipinski definition) is 3. The van der Waals surface area contributed by atoms with Gasteiger partial charge in [-0.05, 0) is 61.7 Å². The third-order valence-corrected chi connectivity index (χ3v) is 6.12. The molecule has 10 nitrogen and oxygen atoms in total. The van der Waals surface area contributed by atoms with Crippen molar-refractivity contribution in [3.63, 3.8) is 0 Å². The van der Waals surface area contributed by atoms with Crippen LogP contribution < -0.4 is 15.6 Å². The van der Waals surface area contributed by atoms with E-state index in [1.807, 2.05) is 42.5 Å². The molecule has 192 valence electrons. The van der Waals surface area contributed by atoms with E-state index < -0.39 is 0 Å². The summed E-state index contributed by atoms with van der Waals surface area (Å²) in [5.74, 6) is 1.32. The van der Waals surface area contributed by atoms with Gasteiger partial charge in [0.25, 0.3) is 0 Å². The highest BCUT2D eigenvalue weighted by atomic mass is 35.5. The monoisotopic (exact) mass is 527 g/mol. The Balaban J connectivity index is 1.35. The molecule has 0 saturated carbocycles. The smallest absolute Gasteiger partial charge is 0.250 e. The van der Waals surface area contributed by atoms with E-state index in [4.69, 9.17) is 11.6 Å². The predicted octanol–water partition coefficient (Wildman–Crippen LogP) is 6.83. The van der Waals surface area contributed by atoms with Gasteiger partial charge in [-0.15, -0.1) is 5.11 Å². The summed E-state index contributed by atoms with van der Waals surface area (Å²) in [6, 6.07) is 21.7. The number of phenols is 1. The third kappa shape index (κ3) is 6.60. The minimum Gasteiger partial charge on any atom is -0.507 e. The Labute approximate surface area is 225 Å². The molecule has 3 aromatic carbocycles. The van der Waals surface area contributed by atoms with E-state index in [1.54, 1.807) is 24.3 Å². The van der Waals surface area contributed by atoms with Crippen LogP contribution in [0.4, 0.5) is 34.9 Å². The van der Waals surface area contributed by atoms with E-state index in [2.05, 4.69) is 45.9 Å². The molecule has 5 rings (SSSR count). The van der Waals surface area contributed by atoms with E-state index in [0.29, 0.717) is 33.9 Å². The molecule has 4 aromatic rings. The summed E-state index contributed by atoms with van der Waals surface area (Å²) in [7, 11) is 0. The first-order valence-corrected chi connectivity index (χ1v) is 12.6. The van der Waals surface area contributed by atoms with Gasteiger partial charge in [-0.25, -0.2) is 5.43 Å². The topological polar surface area (TPSA) is 123 Å². The fourth-order valence-electron chi connectivity index (χ4n) is 3.87. The largest absolute Gasteiger partial charge is 0.507 e. The molecule has 2 heterocycles. The molecule has 1 aliphatic rings. The van der Waals surface area contributed by atoms with Crippen LogP contribution in [0.2, 0.25) is 5.02 Å². The van der Waals surface area contributed by atoms with E-state index in [-0.39, 0.29) is 11.7 Å². The Kier molecular flexibility index (Phi) is 8.00. The first-order valence-electron chi connectivity index (χ1n) is 12.3. The number of rotatable bonds is 8. The first-order chi connectivity index (χ1) is 18.6. The number of aromatic nitrogens is 3. The summed E-state index contributed by atoms with van der Waals surface area (Å²) in [5, 5.41) is 26.7. The van der Waals surface area contributed by atoms with Crippen LogP contribution in [0.3, 0.4) is 0 Å². The minimum absolute atomic E-state index is 0.0447. The summed E-state index contributed by atoms with van der Waals surface area (Å²) in [6.45, 7) is 1.78. The molecule has 0 unspecified atom stereocenters. The number of nitrogens with zero attached hydrogens (tertiary/aromatic N) is 7. The molecule has 11 heteroatoms. The number of benzene rings is 3. The van der Waals surface area contributed by atoms with E-state index in [9.17, 15) is 5.11 Å². The van der Waals surface area contributed by atoms with Crippen molar-refractivity contribution in [1.82, 2.24) is 15.0 Å². The lowest BCUT2D eigenvalue weighted by molar-refractivity contribution is 0.474. The quantitative estimate of drug-likeness (QED) is 0.130. The van der Waals surface area contributed by atoms with Crippen LogP contribution >= 0.6 is 11.6 Å². The Bertz CT molecular complexity index is 1440. The van der Waals surface area contributed by atoms with Gasteiger partial charge < -0.3 is 15.3 Å². The van der Waals surface area contributed by atoms with Crippen LogP contribution in [0.15, 0.2) is 88.1 Å². The van der Waals surface area contributed by atoms with E-state index in [1.165, 1.54) is 18.7 Å². The number of para-hydroxylation sites is 1. The number of hydrazone groups is 1. The maximum absolute atomic E-state index is 10.3. The normalized spacial score (nSPS) is 13.8. The lowest BCUT2D eigenvalue weighted by Gasteiger charge is -2.26. The van der Waals surface area contributed by atoms with Crippen LogP contribution in [0.5, 0.6) is 5.75 Å². The molecule has 0 radical (unpaired) electrons. The maximum Gasteiger partial charge on any atom is 0.250 e. The number of halogens is 1. The fraction of sp³-hybridized carbons (Fsp3) is 0.185. The molecule has 1 saturated heterocycles. The zero-order valence-corrected chi connectivity index (χ0v) is 21.3. The van der Waals surface area contributed by atoms with Gasteiger partial charge in [-0.3, -0.25) is 0 Å². The summed E-state index contributed by atoms with van der Waals surface area (Å²) in [5.41, 5.74) is 5.27. The van der Waals surface area contributed by atoms with Gasteiger partial charge >= 0.3 is 0 Å². The average Bonchev–Trinajstić information content (AvgIpc) is 2.95. The number of piperidine rings is 1. The van der Waals surface area contributed by atoms with Gasteiger partial charge in [0.2, 0.25) is 17.8 Å². The van der Waals surface area contributed by atoms with Crippen molar-refractivity contribution in [2.45, 2.75) is 19.3 Å². The van der Waals surface area contributed by atoms with Crippen molar-refractivity contribution in [3.05, 3.63) is 83.4 Å². The number of azo groups is 1. The molecule has 3 N–H and O–H groups in total. The molecule has 0 aliphatic carbocycles. The predicted molar refractivity (Wildman–Crippen MR) is 151 cm³/mol. The SMILES string of the molecule is Oc1ccc(N=Nc2ccccc2Cl)cc1/C=N\Nc1nc(Nc2ccccc2)nc(N2CCCCC2)n1. The molecule has 0 bridgehead atoms. The molecule has 1 aliphatic heterocycles. The lowest BCUT2D eigenvalue weighted by Crippen LogP contribution is -2.31. The number of nitrogens with one attached hydrogen (secondary N) is 2. The van der Waals surface area contributed by atoms with Crippen LogP contribution in [-0.4, -0.2) is 39.4 Å². The second-order valence-electron chi connectivity index (χ2n) is 8.59. The second-order valence-corrected chi connectivity index (χ2v) is 8.99. The van der Waals surface area contributed by atoms with Gasteiger partial charge in [0, 0.05) is 24.3 Å². The molecular formula is C27H26ClN9O. The van der Waals surface area contributed by atoms with Gasteiger partial charge in [0.05, 0.1) is 16.9 Å². The maximum atomic E-state index is 10.3. The van der Waals surface area contributed by atoms with Crippen LogP contribution in [-0.2, 0) is 0 Å². The molecule has 0 spiro atoms. The third-order valence-electron chi connectivity index (χ3n) is 5.80. The van der Waals surface area contributed by atoms with Crippen molar-refractivity contribution < 1.29 is 5.11 Å². The van der Waals surface area contributed by atoms with Crippen molar-refractivity contribution >= 4 is 52.7 Å². The summed E-state index contributed by atoms with van der Waals surface area (Å²) in [4.78, 5) is 15.8. The molecule has 0 atom stereocenters. The number of phenolic OH excluding ortho intramolecular Hbond substituents is 1.